The number of hydrogen-bond acceptors (Lipinski definition) is 2. The maximum Gasteiger partial charge on any atom is 0.0626 e. The summed E-state index contributed by atoms with van der Waals surface area (Å²) in [6, 6.07) is 67.8. The van der Waals surface area contributed by atoms with E-state index in [0.717, 1.165) is 36.3 Å². The van der Waals surface area contributed by atoms with Gasteiger partial charge in [-0.25, -0.2) is 0 Å². The van der Waals surface area contributed by atoms with E-state index in [1.807, 2.05) is 0 Å². The highest BCUT2D eigenvalue weighted by atomic mass is 15.2. The number of aromatic nitrogens is 1. The van der Waals surface area contributed by atoms with Crippen LogP contribution in [-0.2, 0) is 6.42 Å². The van der Waals surface area contributed by atoms with Crippen molar-refractivity contribution < 1.29 is 0 Å². The van der Waals surface area contributed by atoms with Crippen molar-refractivity contribution in [3.8, 4) is 11.1 Å². The van der Waals surface area contributed by atoms with E-state index in [2.05, 4.69) is 202 Å². The van der Waals surface area contributed by atoms with E-state index in [-0.39, 0.29) is 0 Å². The Morgan fingerprint density at radius 1 is 0.417 bits per heavy atom. The molecule has 0 amide bonds. The maximum atomic E-state index is 2.58. The van der Waals surface area contributed by atoms with Crippen LogP contribution in [0.25, 0.3) is 70.8 Å². The van der Waals surface area contributed by atoms with Crippen LogP contribution in [0.4, 0.5) is 28.4 Å². The lowest BCUT2D eigenvalue weighted by atomic mass is 9.95. The van der Waals surface area contributed by atoms with Crippen LogP contribution in [0, 0.1) is 0 Å². The van der Waals surface area contributed by atoms with E-state index in [9.17, 15) is 0 Å². The monoisotopic (exact) mass is 767 g/mol. The molecule has 13 rings (SSSR count). The maximum absolute atomic E-state index is 2.58. The molecule has 0 unspecified atom stereocenters. The van der Waals surface area contributed by atoms with Crippen LogP contribution >= 0.6 is 0 Å². The highest BCUT2D eigenvalue weighted by Crippen LogP contribution is 2.51. The Kier molecular flexibility index (Phi) is 7.32. The number of allylic oxidation sites excluding steroid dienone is 2. The van der Waals surface area contributed by atoms with Crippen LogP contribution in [0.3, 0.4) is 0 Å². The molecule has 0 N–H and O–H groups in total. The van der Waals surface area contributed by atoms with Crippen molar-refractivity contribution in [1.29, 1.82) is 0 Å². The molecule has 284 valence electrons. The largest absolute Gasteiger partial charge is 0.315 e. The minimum atomic E-state index is 0.955. The van der Waals surface area contributed by atoms with Crippen molar-refractivity contribution in [2.24, 2.45) is 0 Å². The van der Waals surface area contributed by atoms with Crippen LogP contribution in [-0.4, -0.2) is 4.40 Å². The molecular formula is C57H41N3. The second kappa shape index (κ2) is 13.1. The molecule has 2 aromatic heterocycles. The topological polar surface area (TPSA) is 10.9 Å². The fourth-order valence-corrected chi connectivity index (χ4v) is 10.7. The van der Waals surface area contributed by atoms with E-state index in [1.54, 1.807) is 0 Å². The third kappa shape index (κ3) is 5.02. The number of anilines is 5. The summed E-state index contributed by atoms with van der Waals surface area (Å²) in [5.41, 5.74) is 16.8. The Balaban J connectivity index is 1.06. The van der Waals surface area contributed by atoms with Crippen LogP contribution < -0.4 is 9.80 Å². The summed E-state index contributed by atoms with van der Waals surface area (Å²) in [7, 11) is 0. The summed E-state index contributed by atoms with van der Waals surface area (Å²) in [6.45, 7) is 0. The van der Waals surface area contributed by atoms with Gasteiger partial charge in [0.05, 0.1) is 16.6 Å². The number of para-hydroxylation sites is 3. The molecule has 3 heteroatoms. The fraction of sp³-hybridized carbons (Fsp3) is 0.0877. The SMILES string of the molecule is C1=C(N(c2ccccc2)c2ccc3cc4c(cc3c2)c2cc3c(c5c6cc7cc(N(c8ccccc8)c8ccccc8)ccc7cc6n4c25)-c2ccccc2C3)CCCC1. The normalized spacial score (nSPS) is 13.8. The zero-order valence-corrected chi connectivity index (χ0v) is 33.3. The van der Waals surface area contributed by atoms with E-state index >= 15 is 0 Å². The van der Waals surface area contributed by atoms with Crippen molar-refractivity contribution in [2.75, 3.05) is 9.80 Å². The van der Waals surface area contributed by atoms with Crippen molar-refractivity contribution in [3.63, 3.8) is 0 Å². The van der Waals surface area contributed by atoms with Crippen LogP contribution in [0.2, 0.25) is 0 Å². The summed E-state index contributed by atoms with van der Waals surface area (Å²) < 4.78 is 2.58. The molecule has 9 aromatic carbocycles. The molecule has 2 aliphatic carbocycles. The van der Waals surface area contributed by atoms with E-state index in [0.29, 0.717) is 0 Å². The molecule has 60 heavy (non-hydrogen) atoms. The van der Waals surface area contributed by atoms with Gasteiger partial charge in [-0.3, -0.25) is 0 Å². The molecule has 0 saturated heterocycles. The number of hydrogen-bond donors (Lipinski definition) is 0. The van der Waals surface area contributed by atoms with Gasteiger partial charge in [0.15, 0.2) is 0 Å². The van der Waals surface area contributed by atoms with Crippen LogP contribution in [0.15, 0.2) is 194 Å². The Bertz CT molecular complexity index is 3470. The molecule has 0 saturated carbocycles. The molecule has 3 nitrogen and oxygen atoms in total. The van der Waals surface area contributed by atoms with E-state index in [1.165, 1.54) is 112 Å². The summed E-state index contributed by atoms with van der Waals surface area (Å²) in [5.74, 6) is 0. The second-order valence-corrected chi connectivity index (χ2v) is 16.8. The molecule has 2 aliphatic rings. The lowest BCUT2D eigenvalue weighted by Crippen LogP contribution is -2.18. The van der Waals surface area contributed by atoms with E-state index < -0.39 is 0 Å². The average molecular weight is 768 g/mol. The Morgan fingerprint density at radius 3 is 1.65 bits per heavy atom. The molecule has 2 heterocycles. The second-order valence-electron chi connectivity index (χ2n) is 16.8. The summed E-state index contributed by atoms with van der Waals surface area (Å²) in [5, 5.41) is 10.4. The van der Waals surface area contributed by atoms with Gasteiger partial charge >= 0.3 is 0 Å². The molecule has 0 atom stereocenters. The molecule has 0 bridgehead atoms. The molecule has 11 aromatic rings. The summed E-state index contributed by atoms with van der Waals surface area (Å²) in [4.78, 5) is 4.85. The van der Waals surface area contributed by atoms with Gasteiger partial charge in [0.1, 0.15) is 0 Å². The summed E-state index contributed by atoms with van der Waals surface area (Å²) in [6.07, 6.45) is 8.15. The zero-order chi connectivity index (χ0) is 39.3. The van der Waals surface area contributed by atoms with Gasteiger partial charge in [-0.1, -0.05) is 97.1 Å². The van der Waals surface area contributed by atoms with Gasteiger partial charge in [-0.15, -0.1) is 0 Å². The quantitative estimate of drug-likeness (QED) is 0.167. The van der Waals surface area contributed by atoms with Gasteiger partial charge in [-0.05, 0) is 167 Å². The predicted octanol–water partition coefficient (Wildman–Crippen LogP) is 15.8. The van der Waals surface area contributed by atoms with E-state index in [4.69, 9.17) is 0 Å². The third-order valence-electron chi connectivity index (χ3n) is 13.3. The molecular weight excluding hydrogens is 727 g/mol. The first-order valence-corrected chi connectivity index (χ1v) is 21.4. The van der Waals surface area contributed by atoms with Crippen molar-refractivity contribution in [3.05, 3.63) is 205 Å². The van der Waals surface area contributed by atoms with Gasteiger partial charge < -0.3 is 14.2 Å². The van der Waals surface area contributed by atoms with Crippen molar-refractivity contribution >= 4 is 88.1 Å². The Hall–Kier alpha value is -7.36. The van der Waals surface area contributed by atoms with Gasteiger partial charge in [0.25, 0.3) is 0 Å². The first-order valence-electron chi connectivity index (χ1n) is 21.4. The van der Waals surface area contributed by atoms with Gasteiger partial charge in [-0.2, -0.15) is 0 Å². The molecule has 0 aliphatic heterocycles. The Labute approximate surface area is 349 Å². The lowest BCUT2D eigenvalue weighted by molar-refractivity contribution is 0.691. The summed E-state index contributed by atoms with van der Waals surface area (Å²) >= 11 is 0. The fourth-order valence-electron chi connectivity index (χ4n) is 10.7. The predicted molar refractivity (Wildman–Crippen MR) is 254 cm³/mol. The number of nitrogens with zero attached hydrogens (tertiary/aromatic N) is 3. The highest BCUT2D eigenvalue weighted by Gasteiger charge is 2.28. The van der Waals surface area contributed by atoms with Crippen LogP contribution in [0.5, 0.6) is 0 Å². The smallest absolute Gasteiger partial charge is 0.0626 e. The Morgan fingerprint density at radius 2 is 1.00 bits per heavy atom. The minimum Gasteiger partial charge on any atom is -0.315 e. The van der Waals surface area contributed by atoms with Gasteiger partial charge in [0.2, 0.25) is 0 Å². The van der Waals surface area contributed by atoms with Crippen molar-refractivity contribution in [2.45, 2.75) is 32.1 Å². The number of benzene rings is 9. The van der Waals surface area contributed by atoms with Gasteiger partial charge in [0, 0.05) is 55.7 Å². The molecule has 0 radical (unpaired) electrons. The van der Waals surface area contributed by atoms with Crippen LogP contribution in [0.1, 0.15) is 36.8 Å². The first kappa shape index (κ1) is 33.6. The first-order chi connectivity index (χ1) is 29.7. The standard InChI is InChI=1S/C57H41N3/c1-5-16-43(17-6-1)58(44-18-7-2-8-19-44)47-27-25-37-35-53-50(32-40(37)30-47)51-34-42-29-39-15-13-14-24-49(39)55(42)56-52-33-41-31-48(28-26-38(41)36-54(52)60(53)57(51)56)59(45-20-9-3-10-21-45)46-22-11-4-12-23-46/h1,3-6,9-18,20-28,30-36H,2,7-8,19,29H2. The minimum absolute atomic E-state index is 0.955. The third-order valence-corrected chi connectivity index (χ3v) is 13.3. The molecule has 0 fully saturated rings. The molecule has 0 spiro atoms. The zero-order valence-electron chi connectivity index (χ0n) is 33.3. The number of fused-ring (bicyclic) bond motifs is 12. The lowest BCUT2D eigenvalue weighted by Gasteiger charge is -2.30. The average Bonchev–Trinajstić information content (AvgIpc) is 3.95. The van der Waals surface area contributed by atoms with Crippen molar-refractivity contribution in [1.82, 2.24) is 4.40 Å². The number of rotatable bonds is 6. The highest BCUT2D eigenvalue weighted by molar-refractivity contribution is 6.30.